The highest BCUT2D eigenvalue weighted by Gasteiger charge is 2.36. The number of thiophene rings is 1. The first-order valence-corrected chi connectivity index (χ1v) is 8.09. The molecule has 2 N–H and O–H groups in total. The topological polar surface area (TPSA) is 59.2 Å². The van der Waals surface area contributed by atoms with Crippen LogP contribution in [-0.4, -0.2) is 29.9 Å². The molecule has 2 heterocycles. The van der Waals surface area contributed by atoms with Crippen molar-refractivity contribution in [3.05, 3.63) is 46.8 Å². The summed E-state index contributed by atoms with van der Waals surface area (Å²) in [7, 11) is 3.03. The van der Waals surface area contributed by atoms with Crippen molar-refractivity contribution in [3.63, 3.8) is 0 Å². The van der Waals surface area contributed by atoms with Crippen LogP contribution in [0.2, 0.25) is 0 Å². The summed E-state index contributed by atoms with van der Waals surface area (Å²) in [6.07, 6.45) is -4.61. The van der Waals surface area contributed by atoms with Crippen LogP contribution in [-0.2, 0) is 6.18 Å². The van der Waals surface area contributed by atoms with Gasteiger partial charge in [-0.1, -0.05) is 30.3 Å². The molecule has 3 rings (SSSR count). The van der Waals surface area contributed by atoms with E-state index in [1.165, 1.54) is 19.0 Å². The number of nitrogens with zero attached hydrogens (tertiary/aromatic N) is 2. The molecule has 0 aliphatic carbocycles. The fourth-order valence-corrected chi connectivity index (χ4v) is 3.60. The van der Waals surface area contributed by atoms with E-state index in [2.05, 4.69) is 4.98 Å². The van der Waals surface area contributed by atoms with Crippen molar-refractivity contribution in [2.75, 3.05) is 19.8 Å². The number of aromatic nitrogens is 1. The number of pyridine rings is 1. The van der Waals surface area contributed by atoms with Crippen LogP contribution in [0.15, 0.2) is 36.4 Å². The molecule has 0 saturated carbocycles. The van der Waals surface area contributed by atoms with Gasteiger partial charge in [-0.2, -0.15) is 13.2 Å². The third-order valence-electron chi connectivity index (χ3n) is 3.67. The molecule has 0 aliphatic rings. The number of anilines is 1. The first-order valence-electron chi connectivity index (χ1n) is 7.27. The van der Waals surface area contributed by atoms with Crippen molar-refractivity contribution < 1.29 is 18.0 Å². The molecular weight excluding hydrogens is 351 g/mol. The first-order chi connectivity index (χ1) is 11.7. The Bertz CT molecular complexity index is 949. The third-order valence-corrected chi connectivity index (χ3v) is 4.76. The number of halogens is 3. The second-order valence-electron chi connectivity index (χ2n) is 5.64. The predicted octanol–water partition coefficient (Wildman–Crippen LogP) is 4.27. The van der Waals surface area contributed by atoms with Crippen LogP contribution >= 0.6 is 11.3 Å². The molecule has 0 spiro atoms. The molecule has 130 valence electrons. The van der Waals surface area contributed by atoms with E-state index in [1.807, 2.05) is 0 Å². The molecule has 0 saturated heterocycles. The molecule has 3 aromatic rings. The molecular formula is C17H14F3N3OS. The van der Waals surface area contributed by atoms with E-state index in [0.717, 1.165) is 17.4 Å². The lowest BCUT2D eigenvalue weighted by Gasteiger charge is -2.11. The Hall–Kier alpha value is -2.61. The fraction of sp³-hybridized carbons (Fsp3) is 0.176. The summed E-state index contributed by atoms with van der Waals surface area (Å²) in [5.74, 6) is -0.449. The third kappa shape index (κ3) is 3.05. The average Bonchev–Trinajstić information content (AvgIpc) is 2.90. The summed E-state index contributed by atoms with van der Waals surface area (Å²) in [5.41, 5.74) is 5.56. The lowest BCUT2D eigenvalue weighted by Crippen LogP contribution is -2.21. The fourth-order valence-electron chi connectivity index (χ4n) is 2.46. The van der Waals surface area contributed by atoms with Crippen LogP contribution in [0.1, 0.15) is 15.2 Å². The molecule has 1 aromatic carbocycles. The summed E-state index contributed by atoms with van der Waals surface area (Å²) < 4.78 is 40.8. The van der Waals surface area contributed by atoms with Crippen LogP contribution in [0.3, 0.4) is 0 Å². The normalized spacial score (nSPS) is 11.7. The smallest absolute Gasteiger partial charge is 0.397 e. The molecule has 0 radical (unpaired) electrons. The Morgan fingerprint density at radius 1 is 1.20 bits per heavy atom. The number of nitrogens with two attached hydrogens (primary N) is 1. The van der Waals surface area contributed by atoms with Gasteiger partial charge in [-0.05, 0) is 6.07 Å². The quantitative estimate of drug-likeness (QED) is 0.738. The number of amides is 1. The first kappa shape index (κ1) is 17.2. The van der Waals surface area contributed by atoms with Gasteiger partial charge in [0.25, 0.3) is 5.91 Å². The lowest BCUT2D eigenvalue weighted by molar-refractivity contribution is -0.136. The highest BCUT2D eigenvalue weighted by molar-refractivity contribution is 7.21. The second-order valence-corrected chi connectivity index (χ2v) is 6.64. The highest BCUT2D eigenvalue weighted by Crippen LogP contribution is 2.43. The van der Waals surface area contributed by atoms with Crippen LogP contribution in [0.4, 0.5) is 18.9 Å². The summed E-state index contributed by atoms with van der Waals surface area (Å²) in [6.45, 7) is 0. The van der Waals surface area contributed by atoms with E-state index < -0.39 is 17.6 Å². The van der Waals surface area contributed by atoms with E-state index in [1.54, 1.807) is 30.3 Å². The monoisotopic (exact) mass is 365 g/mol. The van der Waals surface area contributed by atoms with Gasteiger partial charge in [-0.15, -0.1) is 11.3 Å². The zero-order chi connectivity index (χ0) is 18.4. The number of benzene rings is 1. The minimum Gasteiger partial charge on any atom is -0.397 e. The predicted molar refractivity (Wildman–Crippen MR) is 92.5 cm³/mol. The van der Waals surface area contributed by atoms with Gasteiger partial charge in [0.2, 0.25) is 0 Å². The summed E-state index contributed by atoms with van der Waals surface area (Å²) >= 11 is 0.872. The highest BCUT2D eigenvalue weighted by atomic mass is 32.1. The van der Waals surface area contributed by atoms with Crippen molar-refractivity contribution in [2.24, 2.45) is 0 Å². The zero-order valence-corrected chi connectivity index (χ0v) is 14.2. The van der Waals surface area contributed by atoms with Crippen LogP contribution in [0, 0.1) is 0 Å². The number of carbonyl (C=O) groups excluding carboxylic acids is 1. The van der Waals surface area contributed by atoms with E-state index in [0.29, 0.717) is 5.56 Å². The number of hydrogen-bond donors (Lipinski definition) is 1. The van der Waals surface area contributed by atoms with Gasteiger partial charge >= 0.3 is 6.18 Å². The summed E-state index contributed by atoms with van der Waals surface area (Å²) in [6, 6.07) is 9.54. The molecule has 0 bridgehead atoms. The van der Waals surface area contributed by atoms with Gasteiger partial charge in [0.1, 0.15) is 9.71 Å². The molecule has 0 atom stereocenters. The zero-order valence-electron chi connectivity index (χ0n) is 13.4. The Morgan fingerprint density at radius 3 is 2.40 bits per heavy atom. The van der Waals surface area contributed by atoms with E-state index >= 15 is 0 Å². The molecule has 25 heavy (non-hydrogen) atoms. The maximum absolute atomic E-state index is 13.6. The maximum atomic E-state index is 13.6. The van der Waals surface area contributed by atoms with Gasteiger partial charge in [-0.3, -0.25) is 4.79 Å². The molecule has 0 aliphatic heterocycles. The van der Waals surface area contributed by atoms with Gasteiger partial charge < -0.3 is 10.6 Å². The van der Waals surface area contributed by atoms with Gasteiger partial charge in [-0.25, -0.2) is 4.98 Å². The Labute approximate surface area is 145 Å². The Kier molecular flexibility index (Phi) is 4.16. The number of hydrogen-bond acceptors (Lipinski definition) is 4. The van der Waals surface area contributed by atoms with Gasteiger partial charge in [0.05, 0.1) is 16.9 Å². The second kappa shape index (κ2) is 6.03. The van der Waals surface area contributed by atoms with Crippen LogP contribution in [0.5, 0.6) is 0 Å². The van der Waals surface area contributed by atoms with E-state index in [9.17, 15) is 18.0 Å². The number of carbonyl (C=O) groups is 1. The van der Waals surface area contributed by atoms with Gasteiger partial charge in [0.15, 0.2) is 0 Å². The molecule has 8 heteroatoms. The number of nitrogen functional groups attached to an aromatic ring is 1. The molecule has 2 aromatic heterocycles. The maximum Gasteiger partial charge on any atom is 0.417 e. The number of alkyl halides is 3. The lowest BCUT2D eigenvalue weighted by atomic mass is 10.1. The van der Waals surface area contributed by atoms with Crippen molar-refractivity contribution in [1.82, 2.24) is 9.88 Å². The Morgan fingerprint density at radius 2 is 1.84 bits per heavy atom. The molecule has 1 amide bonds. The number of rotatable bonds is 2. The largest absolute Gasteiger partial charge is 0.417 e. The van der Waals surface area contributed by atoms with Gasteiger partial charge in [0, 0.05) is 25.0 Å². The minimum atomic E-state index is -4.61. The molecule has 4 nitrogen and oxygen atoms in total. The van der Waals surface area contributed by atoms with E-state index in [4.69, 9.17) is 5.73 Å². The van der Waals surface area contributed by atoms with E-state index in [-0.39, 0.29) is 26.5 Å². The van der Waals surface area contributed by atoms with Crippen LogP contribution in [0.25, 0.3) is 21.5 Å². The standard InChI is InChI=1S/C17H14F3N3OS/c1-23(2)16(24)14-13(21)12-10(17(18,19)20)8-11(22-15(12)25-14)9-6-4-3-5-7-9/h3-8H,21H2,1-2H3. The SMILES string of the molecule is CN(C)C(=O)c1sc2nc(-c3ccccc3)cc(C(F)(F)F)c2c1N. The Balaban J connectivity index is 2.33. The summed E-state index contributed by atoms with van der Waals surface area (Å²) in [5, 5.41) is -0.220. The molecule has 0 unspecified atom stereocenters. The van der Waals surface area contributed by atoms with Crippen molar-refractivity contribution in [3.8, 4) is 11.3 Å². The average molecular weight is 365 g/mol. The molecule has 0 fully saturated rings. The minimum absolute atomic E-state index is 0.0585. The van der Waals surface area contributed by atoms with Crippen molar-refractivity contribution in [1.29, 1.82) is 0 Å². The van der Waals surface area contributed by atoms with Crippen molar-refractivity contribution >= 4 is 33.1 Å². The summed E-state index contributed by atoms with van der Waals surface area (Å²) in [4.78, 5) is 17.9. The van der Waals surface area contributed by atoms with Crippen LogP contribution < -0.4 is 5.73 Å². The van der Waals surface area contributed by atoms with Crippen molar-refractivity contribution in [2.45, 2.75) is 6.18 Å². The number of fused-ring (bicyclic) bond motifs is 1.